The Hall–Kier alpha value is -3.74. The summed E-state index contributed by atoms with van der Waals surface area (Å²) in [6.07, 6.45) is 3.23. The van der Waals surface area contributed by atoms with E-state index in [1.54, 1.807) is 42.6 Å². The lowest BCUT2D eigenvalue weighted by Gasteiger charge is -2.08. The molecule has 1 amide bonds. The lowest BCUT2D eigenvalue weighted by atomic mass is 10.2. The van der Waals surface area contributed by atoms with Gasteiger partial charge in [0.1, 0.15) is 5.82 Å². The molecule has 0 saturated carbocycles. The number of benzene rings is 1. The number of amides is 1. The Bertz CT molecular complexity index is 910. The number of nitrogens with zero attached hydrogens (tertiary/aromatic N) is 2. The van der Waals surface area contributed by atoms with Crippen molar-refractivity contribution >= 4 is 23.4 Å². The fourth-order valence-electron chi connectivity index (χ4n) is 2.33. The van der Waals surface area contributed by atoms with Gasteiger partial charge in [-0.3, -0.25) is 9.78 Å². The van der Waals surface area contributed by atoms with Gasteiger partial charge in [-0.1, -0.05) is 6.07 Å². The number of ether oxygens (including phenoxy) is 1. The topological polar surface area (TPSA) is 93.2 Å². The molecule has 136 valence electrons. The van der Waals surface area contributed by atoms with Gasteiger partial charge in [-0.15, -0.1) is 0 Å². The van der Waals surface area contributed by atoms with E-state index in [1.165, 1.54) is 13.3 Å². The third-order valence-electron chi connectivity index (χ3n) is 3.77. The van der Waals surface area contributed by atoms with E-state index in [2.05, 4.69) is 25.3 Å². The van der Waals surface area contributed by atoms with Crippen LogP contribution in [0, 0.1) is 0 Å². The predicted octanol–water partition coefficient (Wildman–Crippen LogP) is 3.13. The molecule has 0 aliphatic heterocycles. The van der Waals surface area contributed by atoms with Crippen molar-refractivity contribution in [3.63, 3.8) is 0 Å². The van der Waals surface area contributed by atoms with Gasteiger partial charge in [-0.2, -0.15) is 0 Å². The standard InChI is InChI=1S/C20H18N4O3/c1-27-20(26)14-5-8-16(9-6-14)24-19(25)15-7-10-18(22-12-15)23-13-17-4-2-3-11-21-17/h2-12H,13H2,1H3,(H,22,23)(H,24,25). The molecule has 2 heterocycles. The highest BCUT2D eigenvalue weighted by molar-refractivity contribution is 6.04. The molecule has 0 spiro atoms. The van der Waals surface area contributed by atoms with E-state index in [9.17, 15) is 9.59 Å². The highest BCUT2D eigenvalue weighted by Crippen LogP contribution is 2.13. The fraction of sp³-hybridized carbons (Fsp3) is 0.100. The number of anilines is 2. The van der Waals surface area contributed by atoms with Crippen LogP contribution in [0.1, 0.15) is 26.4 Å². The van der Waals surface area contributed by atoms with E-state index in [0.29, 0.717) is 29.2 Å². The first-order valence-electron chi connectivity index (χ1n) is 8.25. The molecule has 0 saturated heterocycles. The number of methoxy groups -OCH3 is 1. The molecular weight excluding hydrogens is 344 g/mol. The summed E-state index contributed by atoms with van der Waals surface area (Å²) in [5, 5.41) is 5.91. The van der Waals surface area contributed by atoms with E-state index < -0.39 is 5.97 Å². The van der Waals surface area contributed by atoms with Crippen LogP contribution >= 0.6 is 0 Å². The maximum atomic E-state index is 12.3. The normalized spacial score (nSPS) is 10.1. The highest BCUT2D eigenvalue weighted by atomic mass is 16.5. The number of carbonyl (C=O) groups is 2. The van der Waals surface area contributed by atoms with Crippen LogP contribution in [0.5, 0.6) is 0 Å². The Balaban J connectivity index is 1.58. The average Bonchev–Trinajstić information content (AvgIpc) is 2.73. The summed E-state index contributed by atoms with van der Waals surface area (Å²) in [5.74, 6) is -0.0601. The first-order chi connectivity index (χ1) is 13.2. The summed E-state index contributed by atoms with van der Waals surface area (Å²) < 4.78 is 4.64. The van der Waals surface area contributed by atoms with E-state index in [0.717, 1.165) is 5.69 Å². The number of pyridine rings is 2. The van der Waals surface area contributed by atoms with Gasteiger partial charge in [-0.25, -0.2) is 9.78 Å². The van der Waals surface area contributed by atoms with Gasteiger partial charge in [0.05, 0.1) is 30.5 Å². The SMILES string of the molecule is COC(=O)c1ccc(NC(=O)c2ccc(NCc3ccccn3)nc2)cc1. The lowest BCUT2D eigenvalue weighted by Crippen LogP contribution is -2.13. The molecule has 0 aliphatic carbocycles. The second-order valence-corrected chi connectivity index (χ2v) is 5.63. The number of hydrogen-bond acceptors (Lipinski definition) is 6. The van der Waals surface area contributed by atoms with Crippen LogP contribution in [0.25, 0.3) is 0 Å². The first kappa shape index (κ1) is 18.1. The quantitative estimate of drug-likeness (QED) is 0.655. The monoisotopic (exact) mass is 362 g/mol. The molecule has 3 rings (SSSR count). The molecular formula is C20H18N4O3. The molecule has 0 unspecified atom stereocenters. The molecule has 2 N–H and O–H groups in total. The van der Waals surface area contributed by atoms with Crippen molar-refractivity contribution in [3.05, 3.63) is 83.8 Å². The maximum absolute atomic E-state index is 12.3. The number of carbonyl (C=O) groups excluding carboxylic acids is 2. The molecule has 7 nitrogen and oxygen atoms in total. The predicted molar refractivity (Wildman–Crippen MR) is 102 cm³/mol. The summed E-state index contributed by atoms with van der Waals surface area (Å²) in [5.41, 5.74) is 2.32. The van der Waals surface area contributed by atoms with Crippen molar-refractivity contribution in [3.8, 4) is 0 Å². The zero-order valence-electron chi connectivity index (χ0n) is 14.7. The van der Waals surface area contributed by atoms with Crippen LogP contribution in [0.3, 0.4) is 0 Å². The Morgan fingerprint density at radius 2 is 1.74 bits per heavy atom. The van der Waals surface area contributed by atoms with Gasteiger partial charge >= 0.3 is 5.97 Å². The molecule has 0 fully saturated rings. The minimum atomic E-state index is -0.425. The van der Waals surface area contributed by atoms with Crippen LogP contribution in [0.4, 0.5) is 11.5 Å². The summed E-state index contributed by atoms with van der Waals surface area (Å²) in [7, 11) is 1.32. The second-order valence-electron chi connectivity index (χ2n) is 5.63. The minimum absolute atomic E-state index is 0.287. The summed E-state index contributed by atoms with van der Waals surface area (Å²) >= 11 is 0. The van der Waals surface area contributed by atoms with Crippen molar-refractivity contribution in [1.29, 1.82) is 0 Å². The van der Waals surface area contributed by atoms with Gasteiger partial charge in [0.2, 0.25) is 0 Å². The van der Waals surface area contributed by atoms with Crippen LogP contribution in [-0.2, 0) is 11.3 Å². The van der Waals surface area contributed by atoms with Crippen LogP contribution in [-0.4, -0.2) is 29.0 Å². The summed E-state index contributed by atoms with van der Waals surface area (Å²) in [4.78, 5) is 32.2. The fourth-order valence-corrected chi connectivity index (χ4v) is 2.33. The van der Waals surface area contributed by atoms with Crippen LogP contribution < -0.4 is 10.6 Å². The zero-order valence-corrected chi connectivity index (χ0v) is 14.7. The molecule has 2 aromatic heterocycles. The first-order valence-corrected chi connectivity index (χ1v) is 8.25. The molecule has 1 aromatic carbocycles. The molecule has 7 heteroatoms. The van der Waals surface area contributed by atoms with Gasteiger partial charge in [0, 0.05) is 18.1 Å². The minimum Gasteiger partial charge on any atom is -0.465 e. The largest absolute Gasteiger partial charge is 0.465 e. The molecule has 0 atom stereocenters. The number of rotatable bonds is 6. The second kappa shape index (κ2) is 8.57. The van der Waals surface area contributed by atoms with E-state index in [-0.39, 0.29) is 5.91 Å². The van der Waals surface area contributed by atoms with E-state index in [4.69, 9.17) is 0 Å². The Morgan fingerprint density at radius 3 is 2.37 bits per heavy atom. The average molecular weight is 362 g/mol. The van der Waals surface area contributed by atoms with Gasteiger partial charge in [0.25, 0.3) is 5.91 Å². The van der Waals surface area contributed by atoms with Gasteiger partial charge in [-0.05, 0) is 48.5 Å². The third kappa shape index (κ3) is 4.88. The molecule has 0 radical (unpaired) electrons. The van der Waals surface area contributed by atoms with Crippen molar-refractivity contribution in [2.24, 2.45) is 0 Å². The van der Waals surface area contributed by atoms with Crippen molar-refractivity contribution in [1.82, 2.24) is 9.97 Å². The molecule has 27 heavy (non-hydrogen) atoms. The maximum Gasteiger partial charge on any atom is 0.337 e. The van der Waals surface area contributed by atoms with Crippen molar-refractivity contribution in [2.45, 2.75) is 6.54 Å². The number of hydrogen-bond donors (Lipinski definition) is 2. The van der Waals surface area contributed by atoms with Crippen LogP contribution in [0.2, 0.25) is 0 Å². The van der Waals surface area contributed by atoms with E-state index in [1.807, 2.05) is 18.2 Å². The molecule has 0 aliphatic rings. The molecule has 3 aromatic rings. The van der Waals surface area contributed by atoms with Gasteiger partial charge in [0.15, 0.2) is 0 Å². The Morgan fingerprint density at radius 1 is 0.963 bits per heavy atom. The molecule has 0 bridgehead atoms. The smallest absolute Gasteiger partial charge is 0.337 e. The van der Waals surface area contributed by atoms with Crippen molar-refractivity contribution in [2.75, 3.05) is 17.7 Å². The summed E-state index contributed by atoms with van der Waals surface area (Å²) in [6, 6.07) is 15.6. The Labute approximate surface area is 156 Å². The summed E-state index contributed by atoms with van der Waals surface area (Å²) in [6.45, 7) is 0.548. The van der Waals surface area contributed by atoms with Gasteiger partial charge < -0.3 is 15.4 Å². The third-order valence-corrected chi connectivity index (χ3v) is 3.77. The van der Waals surface area contributed by atoms with Crippen molar-refractivity contribution < 1.29 is 14.3 Å². The number of esters is 1. The number of aromatic nitrogens is 2. The highest BCUT2D eigenvalue weighted by Gasteiger charge is 2.09. The van der Waals surface area contributed by atoms with E-state index >= 15 is 0 Å². The lowest BCUT2D eigenvalue weighted by molar-refractivity contribution is 0.0600. The number of nitrogens with one attached hydrogen (secondary N) is 2. The zero-order chi connectivity index (χ0) is 19.1. The van der Waals surface area contributed by atoms with Crippen LogP contribution in [0.15, 0.2) is 67.0 Å². The Kier molecular flexibility index (Phi) is 5.73.